The summed E-state index contributed by atoms with van der Waals surface area (Å²) < 4.78 is 2.66. The zero-order chi connectivity index (χ0) is 41.1. The van der Waals surface area contributed by atoms with Crippen molar-refractivity contribution in [3.63, 3.8) is 0 Å². The lowest BCUT2D eigenvalue weighted by atomic mass is 9.79. The van der Waals surface area contributed by atoms with Crippen LogP contribution in [0.4, 0.5) is 17.1 Å². The predicted molar refractivity (Wildman–Crippen MR) is 259 cm³/mol. The molecular weight excluding hydrogens is 743 g/mol. The average Bonchev–Trinajstić information content (AvgIpc) is 3.83. The van der Waals surface area contributed by atoms with E-state index in [1.54, 1.807) is 0 Å². The molecule has 0 saturated carbocycles. The van der Waals surface area contributed by atoms with Gasteiger partial charge in [0.1, 0.15) is 0 Å². The number of nitrogens with zero attached hydrogens (tertiary/aromatic N) is 1. The molecule has 2 aliphatic carbocycles. The number of benzene rings is 8. The van der Waals surface area contributed by atoms with Gasteiger partial charge in [0.05, 0.1) is 5.69 Å². The van der Waals surface area contributed by atoms with Gasteiger partial charge in [-0.25, -0.2) is 0 Å². The van der Waals surface area contributed by atoms with Crippen molar-refractivity contribution in [3.8, 4) is 44.5 Å². The minimum absolute atomic E-state index is 0.0431. The van der Waals surface area contributed by atoms with Crippen molar-refractivity contribution in [2.75, 3.05) is 4.90 Å². The first-order chi connectivity index (χ1) is 28.9. The molecule has 0 aliphatic heterocycles. The molecule has 0 unspecified atom stereocenters. The van der Waals surface area contributed by atoms with Crippen LogP contribution in [0, 0.1) is 0 Å². The Hall–Kier alpha value is -6.22. The predicted octanol–water partition coefficient (Wildman–Crippen LogP) is 16.8. The molecule has 0 spiro atoms. The Balaban J connectivity index is 1.01. The number of rotatable bonds is 5. The van der Waals surface area contributed by atoms with E-state index < -0.39 is 0 Å². The molecular formula is C58H49NS. The molecule has 0 N–H and O–H groups in total. The van der Waals surface area contributed by atoms with Gasteiger partial charge in [-0.2, -0.15) is 0 Å². The number of hydrogen-bond donors (Lipinski definition) is 0. The highest BCUT2D eigenvalue weighted by Gasteiger charge is 2.38. The molecule has 0 fully saturated rings. The third kappa shape index (κ3) is 5.57. The molecule has 9 aromatic rings. The van der Waals surface area contributed by atoms with Gasteiger partial charge in [0.2, 0.25) is 0 Å². The van der Waals surface area contributed by atoms with Gasteiger partial charge < -0.3 is 4.90 Å². The van der Waals surface area contributed by atoms with Crippen LogP contribution in [-0.4, -0.2) is 0 Å². The highest BCUT2D eigenvalue weighted by molar-refractivity contribution is 7.25. The highest BCUT2D eigenvalue weighted by Crippen LogP contribution is 2.55. The quantitative estimate of drug-likeness (QED) is 0.168. The van der Waals surface area contributed by atoms with Gasteiger partial charge in [0.25, 0.3) is 0 Å². The molecule has 1 heterocycles. The van der Waals surface area contributed by atoms with E-state index in [1.807, 2.05) is 11.3 Å². The number of fused-ring (bicyclic) bond motifs is 9. The smallest absolute Gasteiger partial charge is 0.0543 e. The Bertz CT molecular complexity index is 3170. The fraction of sp³-hybridized carbons (Fsp3) is 0.172. The first kappa shape index (κ1) is 36.8. The van der Waals surface area contributed by atoms with Crippen LogP contribution >= 0.6 is 11.3 Å². The molecule has 0 atom stereocenters. The number of anilines is 3. The molecule has 60 heavy (non-hydrogen) atoms. The number of thiophene rings is 1. The van der Waals surface area contributed by atoms with Crippen LogP contribution < -0.4 is 4.90 Å². The molecule has 8 aromatic carbocycles. The first-order valence-corrected chi connectivity index (χ1v) is 22.2. The summed E-state index contributed by atoms with van der Waals surface area (Å²) in [6, 6.07) is 64.2. The zero-order valence-corrected chi connectivity index (χ0v) is 36.3. The lowest BCUT2D eigenvalue weighted by Gasteiger charge is -2.29. The normalized spacial score (nSPS) is 14.5. The minimum Gasteiger partial charge on any atom is -0.310 e. The molecule has 0 radical (unpaired) electrons. The third-order valence-electron chi connectivity index (χ3n) is 13.7. The Labute approximate surface area is 358 Å². The van der Waals surface area contributed by atoms with Gasteiger partial charge in [0.15, 0.2) is 0 Å². The Kier molecular flexibility index (Phi) is 8.07. The molecule has 2 heteroatoms. The molecule has 2 aliphatic rings. The van der Waals surface area contributed by atoms with Gasteiger partial charge in [-0.1, -0.05) is 164 Å². The van der Waals surface area contributed by atoms with Crippen molar-refractivity contribution in [3.05, 3.63) is 198 Å². The molecule has 292 valence electrons. The van der Waals surface area contributed by atoms with Crippen LogP contribution in [0.15, 0.2) is 170 Å². The van der Waals surface area contributed by atoms with Gasteiger partial charge in [-0.05, 0) is 127 Å². The largest absolute Gasteiger partial charge is 0.310 e. The topological polar surface area (TPSA) is 3.24 Å². The summed E-state index contributed by atoms with van der Waals surface area (Å²) in [6.45, 7) is 16.4. The van der Waals surface area contributed by atoms with Crippen molar-refractivity contribution < 1.29 is 0 Å². The van der Waals surface area contributed by atoms with Crippen LogP contribution in [-0.2, 0) is 16.2 Å². The molecule has 0 saturated heterocycles. The summed E-state index contributed by atoms with van der Waals surface area (Å²) in [5, 5.41) is 2.65. The van der Waals surface area contributed by atoms with Crippen molar-refractivity contribution in [1.82, 2.24) is 0 Å². The van der Waals surface area contributed by atoms with Crippen LogP contribution in [0.1, 0.15) is 76.3 Å². The Morgan fingerprint density at radius 3 is 1.73 bits per heavy atom. The van der Waals surface area contributed by atoms with E-state index in [0.29, 0.717) is 0 Å². The maximum atomic E-state index is 2.47. The third-order valence-corrected chi connectivity index (χ3v) is 14.8. The Morgan fingerprint density at radius 1 is 0.417 bits per heavy atom. The van der Waals surface area contributed by atoms with Crippen molar-refractivity contribution in [1.29, 1.82) is 0 Å². The molecule has 0 amide bonds. The van der Waals surface area contributed by atoms with Crippen molar-refractivity contribution in [2.24, 2.45) is 0 Å². The summed E-state index contributed by atoms with van der Waals surface area (Å²) in [4.78, 5) is 2.47. The van der Waals surface area contributed by atoms with Crippen LogP contribution in [0.5, 0.6) is 0 Å². The lowest BCUT2D eigenvalue weighted by molar-refractivity contribution is 0.584. The SMILES string of the molecule is CC(C)(C)c1ccc2c(c1)C(C)(C)c1ccc(-c3ccc(N(c4ccc(-c5ccc6sc7ccccc7c6c5)cc4)c4cccc5c4-c4ccccc4C5(C)C)cc3)cc1-2. The molecule has 11 rings (SSSR count). The summed E-state index contributed by atoms with van der Waals surface area (Å²) in [5.41, 5.74) is 20.7. The monoisotopic (exact) mass is 791 g/mol. The standard InChI is InChI=1S/C58H49NS/c1-56(2,3)40-25-30-43-46-33-38(23-31-49(46)58(6,7)51(43)35-40)36-19-26-41(27-20-36)59(52-17-12-16-50-55(52)45-14-8-10-15-48(45)57(50,4)5)42-28-21-37(22-29-42)39-24-32-54-47(34-39)44-13-9-11-18-53(44)60-54/h8-35H,1-7H3. The first-order valence-electron chi connectivity index (χ1n) is 21.3. The van der Waals surface area contributed by atoms with Gasteiger partial charge in [-0.15, -0.1) is 11.3 Å². The van der Waals surface area contributed by atoms with Gasteiger partial charge in [-0.3, -0.25) is 0 Å². The van der Waals surface area contributed by atoms with Crippen LogP contribution in [0.25, 0.3) is 64.7 Å². The van der Waals surface area contributed by atoms with E-state index in [4.69, 9.17) is 0 Å². The second kappa shape index (κ2) is 13.1. The van der Waals surface area contributed by atoms with Crippen molar-refractivity contribution >= 4 is 48.6 Å². The minimum atomic E-state index is -0.0964. The van der Waals surface area contributed by atoms with Gasteiger partial charge >= 0.3 is 0 Å². The zero-order valence-electron chi connectivity index (χ0n) is 35.5. The van der Waals surface area contributed by atoms with E-state index >= 15 is 0 Å². The van der Waals surface area contributed by atoms with Crippen molar-refractivity contribution in [2.45, 2.75) is 64.7 Å². The summed E-state index contributed by atoms with van der Waals surface area (Å²) in [5.74, 6) is 0. The maximum absolute atomic E-state index is 2.47. The Morgan fingerprint density at radius 2 is 1.00 bits per heavy atom. The van der Waals surface area contributed by atoms with E-state index in [0.717, 1.165) is 11.4 Å². The molecule has 1 aromatic heterocycles. The van der Waals surface area contributed by atoms with E-state index in [9.17, 15) is 0 Å². The highest BCUT2D eigenvalue weighted by atomic mass is 32.1. The second-order valence-electron chi connectivity index (χ2n) is 19.0. The van der Waals surface area contributed by atoms with E-state index in [-0.39, 0.29) is 16.2 Å². The fourth-order valence-corrected chi connectivity index (χ4v) is 11.3. The average molecular weight is 792 g/mol. The summed E-state index contributed by atoms with van der Waals surface area (Å²) in [6.07, 6.45) is 0. The fourth-order valence-electron chi connectivity index (χ4n) is 10.3. The van der Waals surface area contributed by atoms with Crippen LogP contribution in [0.2, 0.25) is 0 Å². The number of hydrogen-bond acceptors (Lipinski definition) is 2. The second-order valence-corrected chi connectivity index (χ2v) is 20.1. The van der Waals surface area contributed by atoms with Gasteiger partial charge in [0, 0.05) is 47.9 Å². The molecule has 1 nitrogen and oxygen atoms in total. The van der Waals surface area contributed by atoms with E-state index in [2.05, 4.69) is 223 Å². The summed E-state index contributed by atoms with van der Waals surface area (Å²) in [7, 11) is 0. The maximum Gasteiger partial charge on any atom is 0.0543 e. The summed E-state index contributed by atoms with van der Waals surface area (Å²) >= 11 is 1.87. The van der Waals surface area contributed by atoms with Crippen LogP contribution in [0.3, 0.4) is 0 Å². The lowest BCUT2D eigenvalue weighted by Crippen LogP contribution is -2.17. The molecule has 0 bridgehead atoms. The van der Waals surface area contributed by atoms with E-state index in [1.165, 1.54) is 98.2 Å².